The molecule has 0 saturated heterocycles. The van der Waals surface area contributed by atoms with Crippen LogP contribution >= 0.6 is 0 Å². The number of nitrogens with two attached hydrogens (primary N) is 2. The van der Waals surface area contributed by atoms with Crippen LogP contribution in [-0.2, 0) is 19.3 Å². The maximum absolute atomic E-state index is 11.6. The molecule has 1 unspecified atom stereocenters. The molecule has 1 atom stereocenters. The maximum Gasteiger partial charge on any atom is 0.332 e. The van der Waals surface area contributed by atoms with Crippen LogP contribution in [0.3, 0.4) is 0 Å². The number of nitrogen functional groups attached to an aromatic ring is 1. The minimum absolute atomic E-state index is 0.0562. The summed E-state index contributed by atoms with van der Waals surface area (Å²) >= 11 is 0. The predicted molar refractivity (Wildman–Crippen MR) is 117 cm³/mol. The van der Waals surface area contributed by atoms with E-state index in [4.69, 9.17) is 11.5 Å². The van der Waals surface area contributed by atoms with Crippen molar-refractivity contribution >= 4 is 17.5 Å². The number of anilines is 2. The molecule has 160 valence electrons. The third kappa shape index (κ3) is 4.53. The van der Waals surface area contributed by atoms with Crippen molar-refractivity contribution in [3.63, 3.8) is 0 Å². The Kier molecular flexibility index (Phi) is 6.13. The summed E-state index contributed by atoms with van der Waals surface area (Å²) in [5.41, 5.74) is 14.8. The van der Waals surface area contributed by atoms with Crippen LogP contribution < -0.4 is 16.8 Å². The number of aromatic nitrogens is 2. The minimum Gasteiger partial charge on any atom is -0.378 e. The molecule has 1 saturated carbocycles. The second-order valence-electron chi connectivity index (χ2n) is 8.66. The summed E-state index contributed by atoms with van der Waals surface area (Å²) in [7, 11) is 0. The highest BCUT2D eigenvalue weighted by molar-refractivity contribution is 5.58. The molecule has 1 heterocycles. The van der Waals surface area contributed by atoms with Gasteiger partial charge < -0.3 is 16.8 Å². The molecule has 4 rings (SSSR count). The van der Waals surface area contributed by atoms with E-state index in [0.29, 0.717) is 36.4 Å². The van der Waals surface area contributed by atoms with E-state index in [1.807, 2.05) is 0 Å². The van der Waals surface area contributed by atoms with Gasteiger partial charge in [0.05, 0.1) is 4.92 Å². The first-order valence-corrected chi connectivity index (χ1v) is 10.9. The first kappa shape index (κ1) is 20.5. The van der Waals surface area contributed by atoms with Crippen LogP contribution in [-0.4, -0.2) is 27.5 Å². The van der Waals surface area contributed by atoms with Crippen molar-refractivity contribution < 1.29 is 4.92 Å². The van der Waals surface area contributed by atoms with Crippen LogP contribution in [0.5, 0.6) is 0 Å². The summed E-state index contributed by atoms with van der Waals surface area (Å²) in [6.07, 6.45) is 7.58. The molecule has 5 N–H and O–H groups in total. The molecule has 0 bridgehead atoms. The standard InChI is InChI=1S/C22H30N6O2/c23-13-15-7-5-14(6-8-15)11-19-20(28(29)30)21(24)27-22(26-19)25-18-10-9-16-3-1-2-4-17(16)12-18/h1-4,14-15,18H,5-13,23H2,(H3,24,25,26,27). The highest BCUT2D eigenvalue weighted by Crippen LogP contribution is 2.34. The van der Waals surface area contributed by atoms with Gasteiger partial charge in [-0.05, 0) is 80.9 Å². The number of fused-ring (bicyclic) bond motifs is 1. The highest BCUT2D eigenvalue weighted by atomic mass is 16.6. The smallest absolute Gasteiger partial charge is 0.332 e. The van der Waals surface area contributed by atoms with Gasteiger partial charge >= 0.3 is 5.69 Å². The molecule has 1 aromatic carbocycles. The van der Waals surface area contributed by atoms with Crippen LogP contribution in [0.2, 0.25) is 0 Å². The van der Waals surface area contributed by atoms with E-state index in [0.717, 1.165) is 44.9 Å². The number of benzene rings is 1. The van der Waals surface area contributed by atoms with E-state index in [1.165, 1.54) is 11.1 Å². The molecule has 2 aromatic rings. The van der Waals surface area contributed by atoms with Gasteiger partial charge in [0, 0.05) is 6.04 Å². The van der Waals surface area contributed by atoms with E-state index in [9.17, 15) is 10.1 Å². The van der Waals surface area contributed by atoms with E-state index in [-0.39, 0.29) is 17.5 Å². The van der Waals surface area contributed by atoms with Crippen LogP contribution in [0.25, 0.3) is 0 Å². The lowest BCUT2D eigenvalue weighted by atomic mass is 9.80. The molecule has 0 radical (unpaired) electrons. The number of nitrogens with zero attached hydrogens (tertiary/aromatic N) is 3. The van der Waals surface area contributed by atoms with Crippen LogP contribution in [0.1, 0.15) is 48.9 Å². The van der Waals surface area contributed by atoms with Gasteiger partial charge in [-0.25, -0.2) is 4.98 Å². The van der Waals surface area contributed by atoms with Crippen LogP contribution in [0.15, 0.2) is 24.3 Å². The van der Waals surface area contributed by atoms with Crippen molar-refractivity contribution in [1.29, 1.82) is 0 Å². The summed E-state index contributed by atoms with van der Waals surface area (Å²) in [5.74, 6) is 1.28. The maximum atomic E-state index is 11.6. The van der Waals surface area contributed by atoms with Crippen molar-refractivity contribution in [3.05, 3.63) is 51.2 Å². The third-order valence-electron chi connectivity index (χ3n) is 6.63. The molecule has 2 aliphatic carbocycles. The van der Waals surface area contributed by atoms with E-state index < -0.39 is 4.92 Å². The van der Waals surface area contributed by atoms with Crippen molar-refractivity contribution in [2.45, 2.75) is 57.4 Å². The Morgan fingerprint density at radius 3 is 2.47 bits per heavy atom. The Morgan fingerprint density at radius 1 is 1.07 bits per heavy atom. The molecule has 0 amide bonds. The fourth-order valence-corrected chi connectivity index (χ4v) is 4.87. The number of hydrogen-bond acceptors (Lipinski definition) is 7. The van der Waals surface area contributed by atoms with Gasteiger partial charge in [-0.3, -0.25) is 10.1 Å². The van der Waals surface area contributed by atoms with Crippen molar-refractivity contribution in [2.24, 2.45) is 17.6 Å². The Hall–Kier alpha value is -2.74. The summed E-state index contributed by atoms with van der Waals surface area (Å²) in [6.45, 7) is 0.714. The van der Waals surface area contributed by atoms with Crippen molar-refractivity contribution in [3.8, 4) is 0 Å². The molecule has 8 nitrogen and oxygen atoms in total. The van der Waals surface area contributed by atoms with E-state index >= 15 is 0 Å². The fourth-order valence-electron chi connectivity index (χ4n) is 4.87. The van der Waals surface area contributed by atoms with Crippen molar-refractivity contribution in [1.82, 2.24) is 9.97 Å². The van der Waals surface area contributed by atoms with Gasteiger partial charge in [0.15, 0.2) is 0 Å². The Labute approximate surface area is 176 Å². The zero-order valence-corrected chi connectivity index (χ0v) is 17.2. The Balaban J connectivity index is 1.51. The molecule has 8 heteroatoms. The average molecular weight is 411 g/mol. The lowest BCUT2D eigenvalue weighted by Crippen LogP contribution is -2.29. The number of nitro groups is 1. The summed E-state index contributed by atoms with van der Waals surface area (Å²) in [5, 5.41) is 15.0. The monoisotopic (exact) mass is 410 g/mol. The molecule has 0 spiro atoms. The fraction of sp³-hybridized carbons (Fsp3) is 0.545. The van der Waals surface area contributed by atoms with Gasteiger partial charge in [-0.1, -0.05) is 24.3 Å². The molecular formula is C22H30N6O2. The summed E-state index contributed by atoms with van der Waals surface area (Å²) in [4.78, 5) is 20.0. The second kappa shape index (κ2) is 8.95. The number of nitrogens with one attached hydrogen (secondary N) is 1. The second-order valence-corrected chi connectivity index (χ2v) is 8.66. The van der Waals surface area contributed by atoms with Crippen LogP contribution in [0.4, 0.5) is 17.5 Å². The summed E-state index contributed by atoms with van der Waals surface area (Å²) < 4.78 is 0. The number of rotatable bonds is 6. The largest absolute Gasteiger partial charge is 0.378 e. The molecular weight excluding hydrogens is 380 g/mol. The Bertz CT molecular complexity index is 910. The third-order valence-corrected chi connectivity index (χ3v) is 6.63. The van der Waals surface area contributed by atoms with Crippen LogP contribution in [0, 0.1) is 22.0 Å². The predicted octanol–water partition coefficient (Wildman–Crippen LogP) is 3.24. The molecule has 1 fully saturated rings. The zero-order chi connectivity index (χ0) is 21.1. The first-order valence-electron chi connectivity index (χ1n) is 10.9. The summed E-state index contributed by atoms with van der Waals surface area (Å²) in [6, 6.07) is 8.63. The van der Waals surface area contributed by atoms with Gasteiger partial charge in [-0.15, -0.1) is 0 Å². The van der Waals surface area contributed by atoms with Crippen molar-refractivity contribution in [2.75, 3.05) is 17.6 Å². The van der Waals surface area contributed by atoms with Gasteiger partial charge in [0.1, 0.15) is 5.69 Å². The first-order chi connectivity index (χ1) is 14.5. The van der Waals surface area contributed by atoms with E-state index in [2.05, 4.69) is 39.6 Å². The zero-order valence-electron chi connectivity index (χ0n) is 17.2. The molecule has 30 heavy (non-hydrogen) atoms. The quantitative estimate of drug-likeness (QED) is 0.492. The molecule has 2 aliphatic rings. The lowest BCUT2D eigenvalue weighted by Gasteiger charge is -2.28. The van der Waals surface area contributed by atoms with Gasteiger partial charge in [-0.2, -0.15) is 4.98 Å². The molecule has 1 aromatic heterocycles. The highest BCUT2D eigenvalue weighted by Gasteiger charge is 2.28. The minimum atomic E-state index is -0.448. The average Bonchev–Trinajstić information content (AvgIpc) is 2.73. The topological polar surface area (TPSA) is 133 Å². The van der Waals surface area contributed by atoms with Gasteiger partial charge in [0.25, 0.3) is 0 Å². The lowest BCUT2D eigenvalue weighted by molar-refractivity contribution is -0.385. The van der Waals surface area contributed by atoms with E-state index in [1.54, 1.807) is 0 Å². The number of hydrogen-bond donors (Lipinski definition) is 3. The Morgan fingerprint density at radius 2 is 1.77 bits per heavy atom. The molecule has 0 aliphatic heterocycles. The number of aryl methyl sites for hydroxylation is 1. The SMILES string of the molecule is NCC1CCC(Cc2nc(NC3CCc4ccccc4C3)nc(N)c2[N+](=O)[O-])CC1. The van der Waals surface area contributed by atoms with Gasteiger partial charge in [0.2, 0.25) is 11.8 Å². The normalized spacial score (nSPS) is 23.6.